The molecule has 6 rings (SSSR count). The Morgan fingerprint density at radius 1 is 0.974 bits per heavy atom. The summed E-state index contributed by atoms with van der Waals surface area (Å²) in [4.78, 5) is 18.2. The van der Waals surface area contributed by atoms with Crippen molar-refractivity contribution in [1.29, 1.82) is 0 Å². The van der Waals surface area contributed by atoms with Crippen LogP contribution in [0.1, 0.15) is 49.8 Å². The average Bonchev–Trinajstić information content (AvgIpc) is 3.29. The Hall–Kier alpha value is -3.31. The van der Waals surface area contributed by atoms with Crippen LogP contribution in [0.4, 0.5) is 27.7 Å². The highest BCUT2D eigenvalue weighted by molar-refractivity contribution is 5.61. The van der Waals surface area contributed by atoms with Crippen molar-refractivity contribution in [3.8, 4) is 5.95 Å². The van der Waals surface area contributed by atoms with Crippen LogP contribution in [0.25, 0.3) is 5.95 Å². The molecule has 2 fully saturated rings. The quantitative estimate of drug-likeness (QED) is 0.521. The van der Waals surface area contributed by atoms with Gasteiger partial charge in [0.15, 0.2) is 0 Å². The number of nitrogens with one attached hydrogen (secondary N) is 1. The first-order valence-electron chi connectivity index (χ1n) is 13.8. The lowest BCUT2D eigenvalue weighted by atomic mass is 9.98. The van der Waals surface area contributed by atoms with Crippen molar-refractivity contribution in [3.63, 3.8) is 0 Å². The third-order valence-electron chi connectivity index (χ3n) is 7.94. The Morgan fingerprint density at radius 2 is 1.76 bits per heavy atom. The second-order valence-electron chi connectivity index (χ2n) is 10.4. The molecule has 3 aromatic rings. The third-order valence-corrected chi connectivity index (χ3v) is 7.94. The average molecular weight is 522 g/mol. The summed E-state index contributed by atoms with van der Waals surface area (Å²) in [6.07, 6.45) is 10.6. The second kappa shape index (κ2) is 11.2. The number of nitrogens with two attached hydrogens (primary N) is 1. The fraction of sp³-hybridized carbons (Fsp3) is 0.556. The fourth-order valence-corrected chi connectivity index (χ4v) is 5.83. The number of nitrogens with zero attached hydrogens (tertiary/aromatic N) is 7. The molecule has 11 heteroatoms. The number of aryl methyl sites for hydroxylation is 2. The first-order chi connectivity index (χ1) is 18.6. The van der Waals surface area contributed by atoms with E-state index >= 15 is 4.39 Å². The predicted octanol–water partition coefficient (Wildman–Crippen LogP) is 3.48. The Bertz CT molecular complexity index is 1250. The molecule has 0 unspecified atom stereocenters. The molecule has 202 valence electrons. The number of hydrogen-bond acceptors (Lipinski definition) is 9. The van der Waals surface area contributed by atoms with Gasteiger partial charge < -0.3 is 20.7 Å². The number of fused-ring (bicyclic) bond motifs is 1. The molecule has 0 radical (unpaired) electrons. The highest BCUT2D eigenvalue weighted by Crippen LogP contribution is 2.28. The van der Waals surface area contributed by atoms with E-state index in [4.69, 9.17) is 15.5 Å². The summed E-state index contributed by atoms with van der Waals surface area (Å²) < 4.78 is 22.1. The van der Waals surface area contributed by atoms with Gasteiger partial charge in [0, 0.05) is 49.8 Å². The van der Waals surface area contributed by atoms with Gasteiger partial charge in [-0.05, 0) is 62.3 Å². The lowest BCUT2D eigenvalue weighted by Crippen LogP contribution is -2.49. The molecule has 0 saturated carbocycles. The Labute approximate surface area is 222 Å². The van der Waals surface area contributed by atoms with Gasteiger partial charge in [0.1, 0.15) is 5.82 Å². The van der Waals surface area contributed by atoms with Gasteiger partial charge in [-0.25, -0.2) is 14.4 Å². The van der Waals surface area contributed by atoms with Crippen molar-refractivity contribution in [2.75, 3.05) is 55.3 Å². The highest BCUT2D eigenvalue weighted by atomic mass is 19.1. The van der Waals surface area contributed by atoms with E-state index in [1.165, 1.54) is 29.2 Å². The number of ether oxygens (including phenoxy) is 1. The molecular formula is C27H36FN9O. The van der Waals surface area contributed by atoms with E-state index in [0.717, 1.165) is 83.6 Å². The van der Waals surface area contributed by atoms with Gasteiger partial charge in [-0.15, -0.1) is 5.10 Å². The Kier molecular flexibility index (Phi) is 7.37. The van der Waals surface area contributed by atoms with Crippen molar-refractivity contribution in [3.05, 3.63) is 41.5 Å². The molecule has 0 bridgehead atoms. The molecule has 1 aliphatic carbocycles. The van der Waals surface area contributed by atoms with E-state index in [1.807, 2.05) is 18.3 Å². The van der Waals surface area contributed by atoms with Crippen LogP contribution in [0.15, 0.2) is 24.4 Å². The van der Waals surface area contributed by atoms with Crippen molar-refractivity contribution >= 4 is 23.3 Å². The molecule has 2 saturated heterocycles. The summed E-state index contributed by atoms with van der Waals surface area (Å²) in [6.45, 7) is 5.29. The van der Waals surface area contributed by atoms with Crippen molar-refractivity contribution < 1.29 is 9.13 Å². The van der Waals surface area contributed by atoms with Crippen LogP contribution in [-0.4, -0.2) is 75.1 Å². The minimum absolute atomic E-state index is 0.179. The molecule has 10 nitrogen and oxygen atoms in total. The van der Waals surface area contributed by atoms with Crippen LogP contribution in [0.5, 0.6) is 0 Å². The van der Waals surface area contributed by atoms with Crippen molar-refractivity contribution in [2.45, 2.75) is 57.4 Å². The third kappa shape index (κ3) is 5.44. The SMILES string of the molecule is Nc1nc(Nc2ccc(N3CCC(N4CCOCC4)CC3)c(F)c2)nn1-c1ncc2c(n1)CCCCCC2. The predicted molar refractivity (Wildman–Crippen MR) is 145 cm³/mol. The molecule has 1 aromatic carbocycles. The summed E-state index contributed by atoms with van der Waals surface area (Å²) in [5.41, 5.74) is 9.60. The maximum atomic E-state index is 15.2. The zero-order chi connectivity index (χ0) is 25.9. The summed E-state index contributed by atoms with van der Waals surface area (Å²) in [6, 6.07) is 5.72. The molecule has 38 heavy (non-hydrogen) atoms. The van der Waals surface area contributed by atoms with Gasteiger partial charge in [0.25, 0.3) is 5.95 Å². The number of rotatable bonds is 5. The van der Waals surface area contributed by atoms with E-state index in [1.54, 1.807) is 0 Å². The van der Waals surface area contributed by atoms with Crippen LogP contribution in [0, 0.1) is 5.82 Å². The maximum Gasteiger partial charge on any atom is 0.254 e. The van der Waals surface area contributed by atoms with E-state index < -0.39 is 0 Å². The van der Waals surface area contributed by atoms with Crippen molar-refractivity contribution in [1.82, 2.24) is 29.6 Å². The van der Waals surface area contributed by atoms with Gasteiger partial charge in [-0.2, -0.15) is 9.67 Å². The maximum absolute atomic E-state index is 15.2. The second-order valence-corrected chi connectivity index (χ2v) is 10.4. The molecule has 2 aliphatic heterocycles. The largest absolute Gasteiger partial charge is 0.379 e. The molecule has 0 atom stereocenters. The molecule has 0 amide bonds. The molecule has 3 N–H and O–H groups in total. The Morgan fingerprint density at radius 3 is 2.55 bits per heavy atom. The monoisotopic (exact) mass is 521 g/mol. The zero-order valence-corrected chi connectivity index (χ0v) is 21.8. The first kappa shape index (κ1) is 25.0. The molecular weight excluding hydrogens is 485 g/mol. The summed E-state index contributed by atoms with van der Waals surface area (Å²) in [5, 5.41) is 7.54. The number of aromatic nitrogens is 5. The van der Waals surface area contributed by atoms with Crippen LogP contribution in [0.3, 0.4) is 0 Å². The standard InChI is InChI=1S/C27H36FN9O/c28-22-17-20(7-8-24(22)36-11-9-21(10-12-36)35-13-15-38-16-14-35)31-26-33-25(29)37(34-26)27-30-18-19-5-3-1-2-4-6-23(19)32-27/h7-8,17-18,21H,1-6,9-16H2,(H3,29,31,33,34). The number of morpholine rings is 1. The highest BCUT2D eigenvalue weighted by Gasteiger charge is 2.27. The molecule has 3 aliphatic rings. The fourth-order valence-electron chi connectivity index (χ4n) is 5.83. The number of nitrogen functional groups attached to an aromatic ring is 1. The number of anilines is 4. The van der Waals surface area contributed by atoms with E-state index in [-0.39, 0.29) is 17.7 Å². The topological polar surface area (TPSA) is 110 Å². The number of halogens is 1. The van der Waals surface area contributed by atoms with E-state index in [9.17, 15) is 0 Å². The normalized spacial score (nSPS) is 19.6. The zero-order valence-electron chi connectivity index (χ0n) is 21.8. The summed E-state index contributed by atoms with van der Waals surface area (Å²) in [5.74, 6) is 0.594. The lowest BCUT2D eigenvalue weighted by molar-refractivity contribution is 0.0115. The van der Waals surface area contributed by atoms with Gasteiger partial charge in [0.05, 0.1) is 18.9 Å². The van der Waals surface area contributed by atoms with Crippen LogP contribution < -0.4 is 16.0 Å². The number of benzene rings is 1. The molecule has 4 heterocycles. The van der Waals surface area contributed by atoms with Gasteiger partial charge >= 0.3 is 0 Å². The van der Waals surface area contributed by atoms with Crippen molar-refractivity contribution in [2.24, 2.45) is 0 Å². The van der Waals surface area contributed by atoms with Gasteiger partial charge in [-0.3, -0.25) is 4.90 Å². The minimum atomic E-state index is -0.266. The first-order valence-corrected chi connectivity index (χ1v) is 13.8. The van der Waals surface area contributed by atoms with E-state index in [2.05, 4.69) is 30.2 Å². The van der Waals surface area contributed by atoms with Crippen LogP contribution in [0.2, 0.25) is 0 Å². The Balaban J connectivity index is 1.12. The van der Waals surface area contributed by atoms with Crippen LogP contribution in [-0.2, 0) is 17.6 Å². The summed E-state index contributed by atoms with van der Waals surface area (Å²) >= 11 is 0. The minimum Gasteiger partial charge on any atom is -0.379 e. The molecule has 0 spiro atoms. The van der Waals surface area contributed by atoms with Crippen LogP contribution >= 0.6 is 0 Å². The van der Waals surface area contributed by atoms with Gasteiger partial charge in [0.2, 0.25) is 11.9 Å². The summed E-state index contributed by atoms with van der Waals surface area (Å²) in [7, 11) is 0. The number of hydrogen-bond donors (Lipinski definition) is 2. The lowest BCUT2D eigenvalue weighted by Gasteiger charge is -2.40. The van der Waals surface area contributed by atoms with Gasteiger partial charge in [-0.1, -0.05) is 12.8 Å². The molecule has 2 aromatic heterocycles. The van der Waals surface area contributed by atoms with E-state index in [0.29, 0.717) is 23.4 Å². The number of piperidine rings is 1. The smallest absolute Gasteiger partial charge is 0.254 e.